The Hall–Kier alpha value is -0.330. The summed E-state index contributed by atoms with van der Waals surface area (Å²) in [5.41, 5.74) is 0. The number of likely N-dealkylation sites (N-methyl/N-ethyl adjacent to an activating group) is 2. The zero-order valence-electron chi connectivity index (χ0n) is 13.1. The molecule has 4 nitrogen and oxygen atoms in total. The molecular weight excluding hydrogens is 343 g/mol. The van der Waals surface area contributed by atoms with Crippen molar-refractivity contribution in [3.05, 3.63) is 28.2 Å². The molecule has 0 amide bonds. The lowest BCUT2D eigenvalue weighted by Crippen LogP contribution is -2.51. The van der Waals surface area contributed by atoms with Gasteiger partial charge >= 0.3 is 0 Å². The summed E-state index contributed by atoms with van der Waals surface area (Å²) in [5, 5.41) is 0.607. The van der Waals surface area contributed by atoms with E-state index in [1.54, 1.807) is 7.05 Å². The Morgan fingerprint density at radius 3 is 2.14 bits per heavy atom. The summed E-state index contributed by atoms with van der Waals surface area (Å²) in [7, 11) is 2.08. The third kappa shape index (κ3) is 3.60. The third-order valence-electron chi connectivity index (χ3n) is 4.39. The predicted molar refractivity (Wildman–Crippen MR) is 91.1 cm³/mol. The molecule has 1 aromatic rings. The van der Waals surface area contributed by atoms with Gasteiger partial charge < -0.3 is 4.90 Å². The number of benzene rings is 1. The average molecular weight is 365 g/mol. The molecule has 0 bridgehead atoms. The minimum Gasteiger partial charge on any atom is -0.305 e. The summed E-state index contributed by atoms with van der Waals surface area (Å²) in [6, 6.07) is 4.66. The van der Waals surface area contributed by atoms with Crippen LogP contribution in [0.25, 0.3) is 0 Å². The molecule has 0 unspecified atom stereocenters. The fraction of sp³-hybridized carbons (Fsp3) is 0.600. The average Bonchev–Trinajstić information content (AvgIpc) is 2.49. The number of nitrogens with zero attached hydrogens (tertiary/aromatic N) is 2. The maximum Gasteiger partial charge on any atom is 0.243 e. The van der Waals surface area contributed by atoms with Gasteiger partial charge in [-0.1, -0.05) is 36.0 Å². The van der Waals surface area contributed by atoms with Gasteiger partial charge in [0.05, 0.1) is 14.9 Å². The molecule has 2 rings (SSSR count). The van der Waals surface area contributed by atoms with Gasteiger partial charge in [0.2, 0.25) is 10.0 Å². The zero-order valence-corrected chi connectivity index (χ0v) is 15.4. The van der Waals surface area contributed by atoms with E-state index in [2.05, 4.69) is 4.90 Å². The van der Waals surface area contributed by atoms with E-state index in [0.717, 1.165) is 25.7 Å². The monoisotopic (exact) mass is 364 g/mol. The topological polar surface area (TPSA) is 40.6 Å². The molecule has 7 heteroatoms. The molecule has 0 aliphatic heterocycles. The van der Waals surface area contributed by atoms with E-state index in [1.807, 2.05) is 14.1 Å². The highest BCUT2D eigenvalue weighted by Crippen LogP contribution is 2.31. The van der Waals surface area contributed by atoms with Crippen molar-refractivity contribution in [1.82, 2.24) is 9.21 Å². The SMILES string of the molecule is CN(C)[C@@H]1CCCC[C@H]1N(C)S(=O)(=O)c1ccc(Cl)c(Cl)c1. The van der Waals surface area contributed by atoms with E-state index in [9.17, 15) is 8.42 Å². The maximum absolute atomic E-state index is 12.9. The Balaban J connectivity index is 2.32. The second kappa shape index (κ2) is 7.05. The van der Waals surface area contributed by atoms with Gasteiger partial charge in [0, 0.05) is 19.1 Å². The third-order valence-corrected chi connectivity index (χ3v) is 7.01. The van der Waals surface area contributed by atoms with Crippen molar-refractivity contribution in [2.24, 2.45) is 0 Å². The second-order valence-electron chi connectivity index (χ2n) is 5.98. The highest BCUT2D eigenvalue weighted by Gasteiger charge is 2.36. The molecule has 1 aliphatic rings. The minimum atomic E-state index is -3.58. The van der Waals surface area contributed by atoms with Crippen LogP contribution in [0.2, 0.25) is 10.0 Å². The minimum absolute atomic E-state index is 0.0248. The van der Waals surface area contributed by atoms with Gasteiger partial charge in [-0.05, 0) is 45.1 Å². The lowest BCUT2D eigenvalue weighted by Gasteiger charge is -2.40. The number of hydrogen-bond acceptors (Lipinski definition) is 3. The maximum atomic E-state index is 12.9. The summed E-state index contributed by atoms with van der Waals surface area (Å²) in [4.78, 5) is 2.30. The van der Waals surface area contributed by atoms with Crippen molar-refractivity contribution in [2.45, 2.75) is 42.7 Å². The summed E-state index contributed by atoms with van der Waals surface area (Å²) < 4.78 is 27.2. The summed E-state index contributed by atoms with van der Waals surface area (Å²) in [6.07, 6.45) is 4.08. The van der Waals surface area contributed by atoms with Crippen molar-refractivity contribution in [2.75, 3.05) is 21.1 Å². The smallest absolute Gasteiger partial charge is 0.243 e. The first kappa shape index (κ1) is 18.0. The Kier molecular flexibility index (Phi) is 5.78. The Morgan fingerprint density at radius 1 is 1.00 bits per heavy atom. The van der Waals surface area contributed by atoms with E-state index in [0.29, 0.717) is 5.02 Å². The fourth-order valence-electron chi connectivity index (χ4n) is 3.10. The molecule has 0 radical (unpaired) electrons. The van der Waals surface area contributed by atoms with Crippen LogP contribution >= 0.6 is 23.2 Å². The van der Waals surface area contributed by atoms with Gasteiger partial charge in [-0.3, -0.25) is 0 Å². The molecule has 1 aliphatic carbocycles. The van der Waals surface area contributed by atoms with Crippen molar-refractivity contribution in [1.29, 1.82) is 0 Å². The van der Waals surface area contributed by atoms with Crippen LogP contribution in [0, 0.1) is 0 Å². The van der Waals surface area contributed by atoms with Crippen molar-refractivity contribution >= 4 is 33.2 Å². The largest absolute Gasteiger partial charge is 0.305 e. The molecule has 1 saturated carbocycles. The van der Waals surface area contributed by atoms with E-state index in [1.165, 1.54) is 22.5 Å². The number of hydrogen-bond donors (Lipinski definition) is 0. The van der Waals surface area contributed by atoms with Crippen LogP contribution in [-0.4, -0.2) is 50.8 Å². The van der Waals surface area contributed by atoms with Crippen molar-refractivity contribution < 1.29 is 8.42 Å². The first-order chi connectivity index (χ1) is 10.2. The molecule has 0 N–H and O–H groups in total. The van der Waals surface area contributed by atoms with Crippen LogP contribution in [0.5, 0.6) is 0 Å². The highest BCUT2D eigenvalue weighted by molar-refractivity contribution is 7.89. The molecular formula is C15H22Cl2N2O2S. The predicted octanol–water partition coefficient (Wildman–Crippen LogP) is 3.49. The standard InChI is InChI=1S/C15H22Cl2N2O2S/c1-18(2)14-6-4-5-7-15(14)19(3)22(20,21)11-8-9-12(16)13(17)10-11/h8-10,14-15H,4-7H2,1-3H3/t14-,15-/m1/s1. The van der Waals surface area contributed by atoms with Gasteiger partial charge in [-0.25, -0.2) is 8.42 Å². The van der Waals surface area contributed by atoms with Gasteiger partial charge in [-0.15, -0.1) is 0 Å². The van der Waals surface area contributed by atoms with E-state index < -0.39 is 10.0 Å². The highest BCUT2D eigenvalue weighted by atomic mass is 35.5. The first-order valence-electron chi connectivity index (χ1n) is 7.34. The van der Waals surface area contributed by atoms with E-state index in [-0.39, 0.29) is 22.0 Å². The van der Waals surface area contributed by atoms with Crippen LogP contribution in [-0.2, 0) is 10.0 Å². The molecule has 0 saturated heterocycles. The summed E-state index contributed by atoms with van der Waals surface area (Å²) in [5.74, 6) is 0. The van der Waals surface area contributed by atoms with Crippen LogP contribution in [0.3, 0.4) is 0 Å². The normalized spacial score (nSPS) is 23.2. The second-order valence-corrected chi connectivity index (χ2v) is 8.79. The number of halogens is 2. The molecule has 124 valence electrons. The molecule has 0 spiro atoms. The van der Waals surface area contributed by atoms with Gasteiger partial charge in [-0.2, -0.15) is 4.31 Å². The molecule has 22 heavy (non-hydrogen) atoms. The lowest BCUT2D eigenvalue weighted by atomic mass is 9.90. The Bertz CT molecular complexity index is 634. The number of rotatable bonds is 4. The van der Waals surface area contributed by atoms with E-state index in [4.69, 9.17) is 23.2 Å². The van der Waals surface area contributed by atoms with Crippen LogP contribution in [0.4, 0.5) is 0 Å². The lowest BCUT2D eigenvalue weighted by molar-refractivity contribution is 0.139. The van der Waals surface area contributed by atoms with Crippen LogP contribution in [0.1, 0.15) is 25.7 Å². The van der Waals surface area contributed by atoms with Crippen LogP contribution in [0.15, 0.2) is 23.1 Å². The quantitative estimate of drug-likeness (QED) is 0.820. The molecule has 1 aromatic carbocycles. The van der Waals surface area contributed by atoms with Gasteiger partial charge in [0.1, 0.15) is 0 Å². The molecule has 0 aromatic heterocycles. The fourth-order valence-corrected chi connectivity index (χ4v) is 4.90. The van der Waals surface area contributed by atoms with Gasteiger partial charge in [0.15, 0.2) is 0 Å². The number of sulfonamides is 1. The molecule has 2 atom stereocenters. The van der Waals surface area contributed by atoms with E-state index >= 15 is 0 Å². The Morgan fingerprint density at radius 2 is 1.59 bits per heavy atom. The molecule has 1 fully saturated rings. The summed E-state index contributed by atoms with van der Waals surface area (Å²) >= 11 is 11.8. The van der Waals surface area contributed by atoms with Crippen molar-refractivity contribution in [3.63, 3.8) is 0 Å². The Labute approximate surface area is 143 Å². The summed E-state index contributed by atoms with van der Waals surface area (Å²) in [6.45, 7) is 0. The zero-order chi connectivity index (χ0) is 16.5. The van der Waals surface area contributed by atoms with Gasteiger partial charge in [0.25, 0.3) is 0 Å². The first-order valence-corrected chi connectivity index (χ1v) is 9.54. The van der Waals surface area contributed by atoms with Crippen LogP contribution < -0.4 is 0 Å². The van der Waals surface area contributed by atoms with Crippen molar-refractivity contribution in [3.8, 4) is 0 Å². The molecule has 0 heterocycles.